The van der Waals surface area contributed by atoms with Crippen molar-refractivity contribution in [3.8, 4) is 0 Å². The number of aliphatic hydroxyl groups is 1. The van der Waals surface area contributed by atoms with Gasteiger partial charge in [0.2, 0.25) is 0 Å². The van der Waals surface area contributed by atoms with E-state index < -0.39 is 10.8 Å². The normalized spacial score (nSPS) is 32.7. The molecule has 2 aromatic rings. The van der Waals surface area contributed by atoms with E-state index in [9.17, 15) is 9.90 Å². The van der Waals surface area contributed by atoms with E-state index >= 15 is 0 Å². The summed E-state index contributed by atoms with van der Waals surface area (Å²) in [6.45, 7) is 12.4. The minimum atomic E-state index is -0.792. The van der Waals surface area contributed by atoms with E-state index in [4.69, 9.17) is 16.3 Å². The summed E-state index contributed by atoms with van der Waals surface area (Å²) < 4.78 is 6.51. The third-order valence-electron chi connectivity index (χ3n) is 8.96. The number of carbonyl (C=O) groups is 1. The molecular weight excluding hydrogens is 432 g/mol. The molecule has 3 aliphatic rings. The van der Waals surface area contributed by atoms with Crippen molar-refractivity contribution >= 4 is 23.0 Å². The molecule has 0 amide bonds. The molecule has 2 saturated heterocycles. The molecule has 174 valence electrons. The van der Waals surface area contributed by atoms with Gasteiger partial charge in [-0.2, -0.15) is 0 Å². The number of rotatable bonds is 4. The fourth-order valence-corrected chi connectivity index (χ4v) is 7.41. The van der Waals surface area contributed by atoms with Crippen molar-refractivity contribution in [1.29, 1.82) is 0 Å². The summed E-state index contributed by atoms with van der Waals surface area (Å²) in [6.07, 6.45) is 1.82. The highest BCUT2D eigenvalue weighted by molar-refractivity contribution is 6.31. The highest BCUT2D eigenvalue weighted by atomic mass is 35.5. The van der Waals surface area contributed by atoms with Gasteiger partial charge < -0.3 is 9.84 Å². The lowest BCUT2D eigenvalue weighted by atomic mass is 9.55. The van der Waals surface area contributed by atoms with E-state index in [1.165, 1.54) is 5.56 Å². The Kier molecular flexibility index (Phi) is 5.12. The molecule has 5 atom stereocenters. The van der Waals surface area contributed by atoms with Crippen molar-refractivity contribution in [3.05, 3.63) is 74.5 Å². The maximum Gasteiger partial charge on any atom is 0.176 e. The van der Waals surface area contributed by atoms with Crippen LogP contribution in [0.1, 0.15) is 73.4 Å². The second-order valence-corrected chi connectivity index (χ2v) is 10.9. The largest absolute Gasteiger partial charge is 0.511 e. The lowest BCUT2D eigenvalue weighted by Gasteiger charge is -2.44. The zero-order valence-electron chi connectivity index (χ0n) is 20.4. The standard InChI is InChI=1S/C29H33ClO3/c1-7-17-12-15(3)13-18(8-2)23(17)24-25(31)28(5)21-14-19(22-16(4)10-9-11-20(22)30)27(33-21)29(28,6)26(24)32/h9-13,19,21,27,32H,7-8,14H2,1-6H3/t19?,21-,27+,28+,29+/m0/s1. The Hall–Kier alpha value is -2.10. The summed E-state index contributed by atoms with van der Waals surface area (Å²) in [5.74, 6) is 0.271. The molecule has 3 nitrogen and oxygen atoms in total. The van der Waals surface area contributed by atoms with Crippen molar-refractivity contribution in [2.45, 2.75) is 78.9 Å². The highest BCUT2D eigenvalue weighted by Gasteiger charge is 2.76. The predicted molar refractivity (Wildman–Crippen MR) is 133 cm³/mol. The fraction of sp³-hybridized carbons (Fsp3) is 0.483. The number of aliphatic hydroxyl groups excluding tert-OH is 1. The molecule has 2 aromatic carbocycles. The number of hydrogen-bond donors (Lipinski definition) is 1. The Morgan fingerprint density at radius 3 is 2.30 bits per heavy atom. The van der Waals surface area contributed by atoms with E-state index in [2.05, 4.69) is 45.9 Å². The Bertz CT molecular complexity index is 1170. The van der Waals surface area contributed by atoms with Crippen LogP contribution in [0.25, 0.3) is 5.57 Å². The van der Waals surface area contributed by atoms with Crippen molar-refractivity contribution in [1.82, 2.24) is 0 Å². The summed E-state index contributed by atoms with van der Waals surface area (Å²) in [7, 11) is 0. The number of carbonyl (C=O) groups excluding carboxylic acids is 1. The Morgan fingerprint density at radius 1 is 1.09 bits per heavy atom. The maximum absolute atomic E-state index is 14.2. The summed E-state index contributed by atoms with van der Waals surface area (Å²) in [5, 5.41) is 12.6. The van der Waals surface area contributed by atoms with E-state index in [0.29, 0.717) is 5.57 Å². The van der Waals surface area contributed by atoms with E-state index in [-0.39, 0.29) is 29.7 Å². The summed E-state index contributed by atoms with van der Waals surface area (Å²) >= 11 is 6.66. The Balaban J connectivity index is 1.71. The molecule has 1 aliphatic carbocycles. The van der Waals surface area contributed by atoms with Gasteiger partial charge in [-0.25, -0.2) is 0 Å². The van der Waals surface area contributed by atoms with Gasteiger partial charge in [0.1, 0.15) is 5.76 Å². The molecular formula is C29H33ClO3. The molecule has 0 spiro atoms. The van der Waals surface area contributed by atoms with Gasteiger partial charge in [0, 0.05) is 10.9 Å². The van der Waals surface area contributed by atoms with Gasteiger partial charge in [0.05, 0.1) is 28.6 Å². The SMILES string of the molecule is CCc1cc(C)cc(CC)c1C1=C(O)[C@]2(C)[C@@H]3O[C@@H](CC3c3c(C)cccc3Cl)[C@]2(C)C1=O. The molecule has 2 heterocycles. The van der Waals surface area contributed by atoms with Gasteiger partial charge in [-0.05, 0) is 80.8 Å². The first-order valence-corrected chi connectivity index (χ1v) is 12.5. The van der Waals surface area contributed by atoms with Crippen molar-refractivity contribution < 1.29 is 14.6 Å². The van der Waals surface area contributed by atoms with Crippen LogP contribution in [0.4, 0.5) is 0 Å². The Labute approximate surface area is 201 Å². The molecule has 33 heavy (non-hydrogen) atoms. The predicted octanol–water partition coefficient (Wildman–Crippen LogP) is 6.90. The van der Waals surface area contributed by atoms with Gasteiger partial charge in [0.25, 0.3) is 0 Å². The van der Waals surface area contributed by atoms with Crippen LogP contribution in [0.2, 0.25) is 5.02 Å². The van der Waals surface area contributed by atoms with Crippen LogP contribution in [-0.4, -0.2) is 23.1 Å². The summed E-state index contributed by atoms with van der Waals surface area (Å²) in [5.41, 5.74) is 5.53. The topological polar surface area (TPSA) is 46.5 Å². The third-order valence-corrected chi connectivity index (χ3v) is 9.29. The summed E-state index contributed by atoms with van der Waals surface area (Å²) in [6, 6.07) is 10.3. The summed E-state index contributed by atoms with van der Waals surface area (Å²) in [4.78, 5) is 14.2. The average molecular weight is 465 g/mol. The monoisotopic (exact) mass is 464 g/mol. The number of hydrogen-bond acceptors (Lipinski definition) is 3. The van der Waals surface area contributed by atoms with Crippen LogP contribution in [0.3, 0.4) is 0 Å². The smallest absolute Gasteiger partial charge is 0.176 e. The maximum atomic E-state index is 14.2. The van der Waals surface area contributed by atoms with Crippen LogP contribution >= 0.6 is 11.6 Å². The second kappa shape index (κ2) is 7.45. The lowest BCUT2D eigenvalue weighted by molar-refractivity contribution is -0.127. The van der Waals surface area contributed by atoms with Gasteiger partial charge in [-0.15, -0.1) is 0 Å². The van der Waals surface area contributed by atoms with E-state index in [0.717, 1.165) is 52.1 Å². The number of halogens is 1. The zero-order valence-corrected chi connectivity index (χ0v) is 21.1. The molecule has 2 fully saturated rings. The fourth-order valence-electron chi connectivity index (χ4n) is 7.05. The first kappa shape index (κ1) is 22.7. The number of ketones is 1. The van der Waals surface area contributed by atoms with Crippen molar-refractivity contribution in [2.24, 2.45) is 10.8 Å². The zero-order chi connectivity index (χ0) is 23.9. The van der Waals surface area contributed by atoms with Crippen LogP contribution in [0.5, 0.6) is 0 Å². The van der Waals surface area contributed by atoms with Gasteiger partial charge in [-0.1, -0.05) is 55.3 Å². The average Bonchev–Trinajstić information content (AvgIpc) is 3.36. The molecule has 4 heteroatoms. The molecule has 0 radical (unpaired) electrons. The number of benzene rings is 2. The second-order valence-electron chi connectivity index (χ2n) is 10.5. The molecule has 2 bridgehead atoms. The van der Waals surface area contributed by atoms with Crippen molar-refractivity contribution in [2.75, 3.05) is 0 Å². The van der Waals surface area contributed by atoms with Crippen LogP contribution in [-0.2, 0) is 22.4 Å². The first-order chi connectivity index (χ1) is 15.6. The molecule has 1 unspecified atom stereocenters. The van der Waals surface area contributed by atoms with Crippen molar-refractivity contribution in [3.63, 3.8) is 0 Å². The number of allylic oxidation sites excluding steroid dienone is 1. The number of aryl methyl sites for hydroxylation is 4. The van der Waals surface area contributed by atoms with Crippen LogP contribution in [0.15, 0.2) is 36.1 Å². The molecule has 2 aliphatic heterocycles. The van der Waals surface area contributed by atoms with E-state index in [1.54, 1.807) is 0 Å². The molecule has 0 aromatic heterocycles. The van der Waals surface area contributed by atoms with Crippen LogP contribution in [0, 0.1) is 24.7 Å². The minimum absolute atomic E-state index is 0.0255. The first-order valence-electron chi connectivity index (χ1n) is 12.1. The van der Waals surface area contributed by atoms with Gasteiger partial charge >= 0.3 is 0 Å². The highest BCUT2D eigenvalue weighted by Crippen LogP contribution is 2.71. The van der Waals surface area contributed by atoms with Crippen LogP contribution < -0.4 is 0 Å². The van der Waals surface area contributed by atoms with E-state index in [1.807, 2.05) is 26.0 Å². The molecule has 5 rings (SSSR count). The molecule has 0 saturated carbocycles. The number of fused-ring (bicyclic) bond motifs is 5. The quantitative estimate of drug-likeness (QED) is 0.535. The van der Waals surface area contributed by atoms with Gasteiger partial charge in [-0.3, -0.25) is 4.79 Å². The lowest BCUT2D eigenvalue weighted by Crippen LogP contribution is -2.50. The minimum Gasteiger partial charge on any atom is -0.511 e. The van der Waals surface area contributed by atoms with Gasteiger partial charge in [0.15, 0.2) is 5.78 Å². The number of ether oxygens (including phenoxy) is 1. The number of Topliss-reactive ketones (excluding diaryl/α,β-unsaturated/α-hetero) is 1. The molecule has 1 N–H and O–H groups in total. The third kappa shape index (κ3) is 2.70. The Morgan fingerprint density at radius 2 is 1.73 bits per heavy atom.